The van der Waals surface area contributed by atoms with Gasteiger partial charge in [0, 0.05) is 37.1 Å². The van der Waals surface area contributed by atoms with Crippen molar-refractivity contribution in [2.75, 3.05) is 18.1 Å². The fraction of sp³-hybridized carbons (Fsp3) is 0.222. The number of nitrogens with two attached hydrogens (primary N) is 1. The third-order valence-electron chi connectivity index (χ3n) is 5.82. The van der Waals surface area contributed by atoms with Crippen molar-refractivity contribution in [1.82, 2.24) is 0 Å². The van der Waals surface area contributed by atoms with Gasteiger partial charge in [0.15, 0.2) is 5.75 Å². The van der Waals surface area contributed by atoms with E-state index in [0.717, 1.165) is 11.3 Å². The van der Waals surface area contributed by atoms with Crippen LogP contribution < -0.4 is 20.1 Å². The molecule has 4 rings (SSSR count). The van der Waals surface area contributed by atoms with Crippen LogP contribution in [0.15, 0.2) is 60.7 Å². The minimum atomic E-state index is -0.366. The number of carbonyl (C=O) groups is 2. The van der Waals surface area contributed by atoms with Crippen molar-refractivity contribution in [3.63, 3.8) is 0 Å². The van der Waals surface area contributed by atoms with Gasteiger partial charge >= 0.3 is 0 Å². The zero-order chi connectivity index (χ0) is 25.7. The van der Waals surface area contributed by atoms with E-state index in [2.05, 4.69) is 6.07 Å². The van der Waals surface area contributed by atoms with Crippen LogP contribution in [0.25, 0.3) is 0 Å². The Labute approximate surface area is 218 Å². The molecule has 1 atom stereocenters. The first-order valence-corrected chi connectivity index (χ1v) is 12.1. The van der Waals surface area contributed by atoms with Crippen LogP contribution in [-0.4, -0.2) is 25.0 Å². The SMILES string of the molecule is N#Cc1cccc(Cl)c1Oc1cc([C@H]2CC(=O)N(c3cccc(OCCCC(N)=O)c3)C2)ccc1Cl. The summed E-state index contributed by atoms with van der Waals surface area (Å²) < 4.78 is 11.7. The Hall–Kier alpha value is -3.73. The molecule has 3 aromatic rings. The van der Waals surface area contributed by atoms with Gasteiger partial charge in [-0.15, -0.1) is 0 Å². The minimum Gasteiger partial charge on any atom is -0.494 e. The summed E-state index contributed by atoms with van der Waals surface area (Å²) in [6, 6.07) is 19.6. The summed E-state index contributed by atoms with van der Waals surface area (Å²) in [5.74, 6) is 0.742. The summed E-state index contributed by atoms with van der Waals surface area (Å²) in [5, 5.41) is 10.1. The number of nitrogens with zero attached hydrogens (tertiary/aromatic N) is 2. The van der Waals surface area contributed by atoms with Crippen LogP contribution in [0.4, 0.5) is 5.69 Å². The number of benzene rings is 3. The fourth-order valence-electron chi connectivity index (χ4n) is 4.02. The van der Waals surface area contributed by atoms with Gasteiger partial charge in [0.05, 0.1) is 22.2 Å². The van der Waals surface area contributed by atoms with E-state index >= 15 is 0 Å². The summed E-state index contributed by atoms with van der Waals surface area (Å²) >= 11 is 12.6. The molecular weight excluding hydrogens is 501 g/mol. The van der Waals surface area contributed by atoms with Gasteiger partial charge in [-0.05, 0) is 48.4 Å². The first-order chi connectivity index (χ1) is 17.4. The minimum absolute atomic E-state index is 0.0128. The molecule has 1 aliphatic rings. The second kappa shape index (κ2) is 11.3. The molecule has 0 radical (unpaired) electrons. The summed E-state index contributed by atoms with van der Waals surface area (Å²) in [6.45, 7) is 0.829. The van der Waals surface area contributed by atoms with E-state index in [1.807, 2.05) is 24.3 Å². The van der Waals surface area contributed by atoms with Crippen molar-refractivity contribution in [2.45, 2.75) is 25.2 Å². The topological polar surface area (TPSA) is 106 Å². The molecule has 9 heteroatoms. The Balaban J connectivity index is 1.49. The molecule has 0 spiro atoms. The normalized spacial score (nSPS) is 15.0. The highest BCUT2D eigenvalue weighted by atomic mass is 35.5. The summed E-state index contributed by atoms with van der Waals surface area (Å²) in [7, 11) is 0. The van der Waals surface area contributed by atoms with Gasteiger partial charge in [0.1, 0.15) is 17.6 Å². The molecule has 1 fully saturated rings. The zero-order valence-electron chi connectivity index (χ0n) is 19.2. The fourth-order valence-corrected chi connectivity index (χ4v) is 4.39. The van der Waals surface area contributed by atoms with E-state index < -0.39 is 0 Å². The molecule has 0 unspecified atom stereocenters. The molecule has 184 valence electrons. The van der Waals surface area contributed by atoms with E-state index in [4.69, 9.17) is 38.4 Å². The average molecular weight is 524 g/mol. The maximum Gasteiger partial charge on any atom is 0.227 e. The second-order valence-electron chi connectivity index (χ2n) is 8.34. The number of carbonyl (C=O) groups excluding carboxylic acids is 2. The average Bonchev–Trinajstić information content (AvgIpc) is 3.26. The second-order valence-corrected chi connectivity index (χ2v) is 9.16. The van der Waals surface area contributed by atoms with Crippen molar-refractivity contribution in [1.29, 1.82) is 5.26 Å². The third kappa shape index (κ3) is 5.91. The van der Waals surface area contributed by atoms with Gasteiger partial charge in [0.25, 0.3) is 0 Å². The Bertz CT molecular complexity index is 1340. The third-order valence-corrected chi connectivity index (χ3v) is 6.43. The highest BCUT2D eigenvalue weighted by Crippen LogP contribution is 2.39. The molecule has 0 saturated carbocycles. The van der Waals surface area contributed by atoms with E-state index in [9.17, 15) is 14.9 Å². The lowest BCUT2D eigenvalue weighted by Crippen LogP contribution is -2.24. The van der Waals surface area contributed by atoms with Crippen LogP contribution in [0.5, 0.6) is 17.2 Å². The highest BCUT2D eigenvalue weighted by molar-refractivity contribution is 6.33. The molecule has 36 heavy (non-hydrogen) atoms. The maximum absolute atomic E-state index is 12.9. The molecule has 0 bridgehead atoms. The Kier molecular flexibility index (Phi) is 7.99. The van der Waals surface area contributed by atoms with E-state index in [-0.39, 0.29) is 29.9 Å². The number of anilines is 1. The number of ether oxygens (including phenoxy) is 2. The first kappa shape index (κ1) is 25.4. The van der Waals surface area contributed by atoms with Crippen molar-refractivity contribution >= 4 is 40.7 Å². The van der Waals surface area contributed by atoms with Crippen LogP contribution in [0.3, 0.4) is 0 Å². The van der Waals surface area contributed by atoms with Crippen LogP contribution in [-0.2, 0) is 9.59 Å². The van der Waals surface area contributed by atoms with Crippen LogP contribution >= 0.6 is 23.2 Å². The lowest BCUT2D eigenvalue weighted by molar-refractivity contribution is -0.118. The van der Waals surface area contributed by atoms with Crippen LogP contribution in [0.1, 0.15) is 36.3 Å². The van der Waals surface area contributed by atoms with Crippen LogP contribution in [0, 0.1) is 11.3 Å². The molecular formula is C27H23Cl2N3O4. The lowest BCUT2D eigenvalue weighted by Gasteiger charge is -2.18. The number of primary amides is 1. The molecule has 1 heterocycles. The van der Waals surface area contributed by atoms with Gasteiger partial charge in [-0.1, -0.05) is 41.4 Å². The van der Waals surface area contributed by atoms with Gasteiger partial charge in [-0.25, -0.2) is 0 Å². The molecule has 7 nitrogen and oxygen atoms in total. The maximum atomic E-state index is 12.9. The van der Waals surface area contributed by atoms with Crippen molar-refractivity contribution < 1.29 is 19.1 Å². The molecule has 1 saturated heterocycles. The van der Waals surface area contributed by atoms with Gasteiger partial charge < -0.3 is 20.1 Å². The molecule has 0 aromatic heterocycles. The van der Waals surface area contributed by atoms with Gasteiger partial charge in [-0.3, -0.25) is 9.59 Å². The lowest BCUT2D eigenvalue weighted by atomic mass is 9.98. The quantitative estimate of drug-likeness (QED) is 0.355. The molecule has 2 amide bonds. The number of nitriles is 1. The smallest absolute Gasteiger partial charge is 0.227 e. The molecule has 1 aliphatic heterocycles. The van der Waals surface area contributed by atoms with Gasteiger partial charge in [0.2, 0.25) is 11.8 Å². The summed E-state index contributed by atoms with van der Waals surface area (Å²) in [6.07, 6.45) is 1.10. The van der Waals surface area contributed by atoms with Crippen molar-refractivity contribution in [2.24, 2.45) is 5.73 Å². The van der Waals surface area contributed by atoms with Crippen molar-refractivity contribution in [3.8, 4) is 23.3 Å². The monoisotopic (exact) mass is 523 g/mol. The number of amides is 2. The summed E-state index contributed by atoms with van der Waals surface area (Å²) in [4.78, 5) is 25.5. The molecule has 3 aromatic carbocycles. The standard InChI is InChI=1S/C27H23Cl2N3O4/c28-22-10-9-17(12-24(22)36-27-18(15-30)4-1-7-23(27)29)19-13-26(34)32(16-19)20-5-2-6-21(14-20)35-11-3-8-25(31)33/h1-2,4-7,9-10,12,14,19H,3,8,11,13,16H2,(H2,31,33)/t19-/m0/s1. The van der Waals surface area contributed by atoms with E-state index in [0.29, 0.717) is 53.1 Å². The Morgan fingerprint density at radius 2 is 1.92 bits per heavy atom. The Morgan fingerprint density at radius 3 is 2.69 bits per heavy atom. The molecule has 0 aliphatic carbocycles. The Morgan fingerprint density at radius 1 is 1.11 bits per heavy atom. The highest BCUT2D eigenvalue weighted by Gasteiger charge is 2.32. The van der Waals surface area contributed by atoms with E-state index in [1.54, 1.807) is 41.3 Å². The number of para-hydroxylation sites is 1. The number of rotatable bonds is 9. The largest absolute Gasteiger partial charge is 0.494 e. The predicted octanol–water partition coefficient (Wildman–Crippen LogP) is 5.82. The number of hydrogen-bond donors (Lipinski definition) is 1. The molecule has 2 N–H and O–H groups in total. The predicted molar refractivity (Wildman–Crippen MR) is 138 cm³/mol. The van der Waals surface area contributed by atoms with Crippen LogP contribution in [0.2, 0.25) is 10.0 Å². The van der Waals surface area contributed by atoms with Crippen molar-refractivity contribution in [3.05, 3.63) is 81.8 Å². The first-order valence-electron chi connectivity index (χ1n) is 11.3. The summed E-state index contributed by atoms with van der Waals surface area (Å²) in [5.41, 5.74) is 7.07. The van der Waals surface area contributed by atoms with E-state index in [1.165, 1.54) is 0 Å². The number of halogens is 2. The van der Waals surface area contributed by atoms with Gasteiger partial charge in [-0.2, -0.15) is 5.26 Å². The number of hydrogen-bond acceptors (Lipinski definition) is 5. The zero-order valence-corrected chi connectivity index (χ0v) is 20.8.